The van der Waals surface area contributed by atoms with E-state index in [2.05, 4.69) is 31.5 Å². The second-order valence-corrected chi connectivity index (χ2v) is 2.92. The van der Waals surface area contributed by atoms with Gasteiger partial charge in [-0.25, -0.2) is 0 Å². The van der Waals surface area contributed by atoms with Crippen molar-refractivity contribution in [2.45, 2.75) is 20.8 Å². The molecule has 0 aliphatic heterocycles. The SMILES string of the molecule is C=C/C(=C\C)c1c(C)c[nH]c1C. The van der Waals surface area contributed by atoms with Crippen LogP contribution in [0.3, 0.4) is 0 Å². The highest BCUT2D eigenvalue weighted by Gasteiger charge is 2.05. The summed E-state index contributed by atoms with van der Waals surface area (Å²) >= 11 is 0. The number of aryl methyl sites for hydroxylation is 2. The van der Waals surface area contributed by atoms with Crippen LogP contribution in [0.4, 0.5) is 0 Å². The van der Waals surface area contributed by atoms with Gasteiger partial charge < -0.3 is 4.98 Å². The predicted molar refractivity (Wildman–Crippen MR) is 54.1 cm³/mol. The first-order chi connectivity index (χ1) is 5.70. The summed E-state index contributed by atoms with van der Waals surface area (Å²) in [4.78, 5) is 3.20. The van der Waals surface area contributed by atoms with Gasteiger partial charge in [-0.15, -0.1) is 0 Å². The van der Waals surface area contributed by atoms with Crippen LogP contribution in [0.15, 0.2) is 24.9 Å². The highest BCUT2D eigenvalue weighted by Crippen LogP contribution is 2.22. The Kier molecular flexibility index (Phi) is 2.54. The lowest BCUT2D eigenvalue weighted by atomic mass is 10.0. The number of hydrogen-bond acceptors (Lipinski definition) is 0. The highest BCUT2D eigenvalue weighted by atomic mass is 14.7. The van der Waals surface area contributed by atoms with E-state index in [1.165, 1.54) is 22.4 Å². The molecule has 1 aromatic heterocycles. The van der Waals surface area contributed by atoms with E-state index in [0.29, 0.717) is 0 Å². The molecule has 0 atom stereocenters. The first kappa shape index (κ1) is 8.85. The average Bonchev–Trinajstić information content (AvgIpc) is 2.38. The van der Waals surface area contributed by atoms with Crippen LogP contribution >= 0.6 is 0 Å². The molecule has 1 heterocycles. The van der Waals surface area contributed by atoms with E-state index in [1.54, 1.807) is 0 Å². The Morgan fingerprint density at radius 1 is 1.50 bits per heavy atom. The second kappa shape index (κ2) is 3.44. The van der Waals surface area contributed by atoms with Crippen LogP contribution in [-0.2, 0) is 0 Å². The van der Waals surface area contributed by atoms with Crippen LogP contribution in [0.1, 0.15) is 23.7 Å². The van der Waals surface area contributed by atoms with E-state index in [0.717, 1.165) is 0 Å². The molecule has 0 saturated heterocycles. The van der Waals surface area contributed by atoms with Crippen LogP contribution in [0.2, 0.25) is 0 Å². The topological polar surface area (TPSA) is 15.8 Å². The minimum atomic E-state index is 1.20. The van der Waals surface area contributed by atoms with Gasteiger partial charge in [0.15, 0.2) is 0 Å². The minimum absolute atomic E-state index is 1.20. The fourth-order valence-corrected chi connectivity index (χ4v) is 1.47. The molecule has 0 aliphatic carbocycles. The van der Waals surface area contributed by atoms with E-state index in [-0.39, 0.29) is 0 Å². The molecule has 1 rings (SSSR count). The van der Waals surface area contributed by atoms with E-state index >= 15 is 0 Å². The third kappa shape index (κ3) is 1.35. The molecule has 0 saturated carbocycles. The summed E-state index contributed by atoms with van der Waals surface area (Å²) in [5.74, 6) is 0. The predicted octanol–water partition coefficient (Wildman–Crippen LogP) is 3.22. The summed E-state index contributed by atoms with van der Waals surface area (Å²) < 4.78 is 0. The van der Waals surface area contributed by atoms with Gasteiger partial charge in [0.05, 0.1) is 0 Å². The number of rotatable bonds is 2. The second-order valence-electron chi connectivity index (χ2n) is 2.92. The van der Waals surface area contributed by atoms with Gasteiger partial charge >= 0.3 is 0 Å². The Balaban J connectivity index is 3.25. The maximum absolute atomic E-state index is 3.79. The van der Waals surface area contributed by atoms with Crippen molar-refractivity contribution in [2.24, 2.45) is 0 Å². The Bertz CT molecular complexity index is 296. The zero-order chi connectivity index (χ0) is 9.14. The molecule has 64 valence electrons. The number of aromatic amines is 1. The maximum atomic E-state index is 3.79. The lowest BCUT2D eigenvalue weighted by molar-refractivity contribution is 1.25. The van der Waals surface area contributed by atoms with Crippen molar-refractivity contribution in [1.29, 1.82) is 0 Å². The molecule has 0 bridgehead atoms. The lowest BCUT2D eigenvalue weighted by Gasteiger charge is -2.01. The number of nitrogens with one attached hydrogen (secondary N) is 1. The molecule has 12 heavy (non-hydrogen) atoms. The summed E-state index contributed by atoms with van der Waals surface area (Å²) in [6, 6.07) is 0. The van der Waals surface area contributed by atoms with Gasteiger partial charge in [0, 0.05) is 17.5 Å². The largest absolute Gasteiger partial charge is 0.364 e. The van der Waals surface area contributed by atoms with Crippen LogP contribution in [0.5, 0.6) is 0 Å². The smallest absolute Gasteiger partial charge is 0.0197 e. The van der Waals surface area contributed by atoms with E-state index in [9.17, 15) is 0 Å². The van der Waals surface area contributed by atoms with Crippen molar-refractivity contribution in [3.63, 3.8) is 0 Å². The van der Waals surface area contributed by atoms with Crippen molar-refractivity contribution in [3.05, 3.63) is 41.7 Å². The highest BCUT2D eigenvalue weighted by molar-refractivity contribution is 5.76. The first-order valence-electron chi connectivity index (χ1n) is 4.14. The molecular weight excluding hydrogens is 146 g/mol. The molecular formula is C11H15N. The van der Waals surface area contributed by atoms with Crippen LogP contribution < -0.4 is 0 Å². The number of allylic oxidation sites excluding steroid dienone is 3. The van der Waals surface area contributed by atoms with Gasteiger partial charge in [-0.05, 0) is 31.9 Å². The fraction of sp³-hybridized carbons (Fsp3) is 0.273. The van der Waals surface area contributed by atoms with Crippen molar-refractivity contribution in [1.82, 2.24) is 4.98 Å². The van der Waals surface area contributed by atoms with E-state index in [1.807, 2.05) is 19.2 Å². The van der Waals surface area contributed by atoms with Crippen LogP contribution in [-0.4, -0.2) is 4.98 Å². The van der Waals surface area contributed by atoms with E-state index < -0.39 is 0 Å². The summed E-state index contributed by atoms with van der Waals surface area (Å²) in [5.41, 5.74) is 4.97. The zero-order valence-electron chi connectivity index (χ0n) is 7.94. The fourth-order valence-electron chi connectivity index (χ4n) is 1.47. The molecule has 0 aromatic carbocycles. The molecule has 1 nitrogen and oxygen atoms in total. The molecule has 1 aromatic rings. The summed E-state index contributed by atoms with van der Waals surface area (Å²) in [6.45, 7) is 10.0. The van der Waals surface area contributed by atoms with Gasteiger partial charge in [0.1, 0.15) is 0 Å². The summed E-state index contributed by atoms with van der Waals surface area (Å²) in [5, 5.41) is 0. The lowest BCUT2D eigenvalue weighted by Crippen LogP contribution is -1.83. The van der Waals surface area contributed by atoms with E-state index in [4.69, 9.17) is 0 Å². The number of aromatic nitrogens is 1. The quantitative estimate of drug-likeness (QED) is 0.641. The molecule has 1 heteroatoms. The summed E-state index contributed by atoms with van der Waals surface area (Å²) in [6.07, 6.45) is 6.00. The Hall–Kier alpha value is -1.24. The van der Waals surface area contributed by atoms with Crippen molar-refractivity contribution in [3.8, 4) is 0 Å². The normalized spacial score (nSPS) is 11.8. The third-order valence-corrected chi connectivity index (χ3v) is 2.09. The van der Waals surface area contributed by atoms with Gasteiger partial charge in [-0.2, -0.15) is 0 Å². The number of H-pyrrole nitrogens is 1. The van der Waals surface area contributed by atoms with Crippen LogP contribution in [0.25, 0.3) is 5.57 Å². The van der Waals surface area contributed by atoms with Crippen molar-refractivity contribution < 1.29 is 0 Å². The Labute approximate surface area is 73.8 Å². The van der Waals surface area contributed by atoms with Crippen molar-refractivity contribution >= 4 is 5.57 Å². The molecule has 1 N–H and O–H groups in total. The molecule has 0 aliphatic rings. The third-order valence-electron chi connectivity index (χ3n) is 2.09. The minimum Gasteiger partial charge on any atom is -0.364 e. The zero-order valence-corrected chi connectivity index (χ0v) is 7.94. The van der Waals surface area contributed by atoms with Crippen LogP contribution in [0, 0.1) is 13.8 Å². The first-order valence-corrected chi connectivity index (χ1v) is 4.14. The average molecular weight is 161 g/mol. The summed E-state index contributed by atoms with van der Waals surface area (Å²) in [7, 11) is 0. The van der Waals surface area contributed by atoms with Gasteiger partial charge in [0.25, 0.3) is 0 Å². The monoisotopic (exact) mass is 161 g/mol. The maximum Gasteiger partial charge on any atom is 0.0197 e. The van der Waals surface area contributed by atoms with Gasteiger partial charge in [-0.3, -0.25) is 0 Å². The molecule has 0 fully saturated rings. The molecule has 0 unspecified atom stereocenters. The Morgan fingerprint density at radius 2 is 2.17 bits per heavy atom. The molecule has 0 spiro atoms. The van der Waals surface area contributed by atoms with Gasteiger partial charge in [-0.1, -0.05) is 18.7 Å². The molecule has 0 radical (unpaired) electrons. The van der Waals surface area contributed by atoms with Crippen molar-refractivity contribution in [2.75, 3.05) is 0 Å². The number of hydrogen-bond donors (Lipinski definition) is 1. The Morgan fingerprint density at radius 3 is 2.50 bits per heavy atom. The van der Waals surface area contributed by atoms with Gasteiger partial charge in [0.2, 0.25) is 0 Å². The standard InChI is InChI=1S/C11H15N/c1-5-10(6-2)11-8(3)7-12-9(11)4/h5-7,12H,1H2,2-4H3/b10-6+. The molecule has 0 amide bonds.